The fraction of sp³-hybridized carbons (Fsp3) is 0.565. The Morgan fingerprint density at radius 3 is 2.86 bits per heavy atom. The maximum absolute atomic E-state index is 12.2. The van der Waals surface area contributed by atoms with Crippen LogP contribution in [0.3, 0.4) is 0 Å². The second-order valence-corrected chi connectivity index (χ2v) is 7.49. The van der Waals surface area contributed by atoms with E-state index in [4.69, 9.17) is 9.84 Å². The SMILES string of the molecule is CCOc1cccc(C[C@H](O)C=C[C@H]2CCC(=O)N2CCCCCCC(=O)O)c1. The van der Waals surface area contributed by atoms with Gasteiger partial charge >= 0.3 is 5.97 Å². The van der Waals surface area contributed by atoms with E-state index in [2.05, 4.69) is 0 Å². The number of carboxylic acid groups (broad SMARTS) is 1. The first-order valence-corrected chi connectivity index (χ1v) is 10.6. The van der Waals surface area contributed by atoms with E-state index in [0.29, 0.717) is 32.4 Å². The van der Waals surface area contributed by atoms with Gasteiger partial charge in [-0.05, 0) is 43.9 Å². The van der Waals surface area contributed by atoms with Crippen LogP contribution in [0.1, 0.15) is 57.4 Å². The molecule has 6 heteroatoms. The summed E-state index contributed by atoms with van der Waals surface area (Å²) in [6.07, 6.45) is 8.51. The molecule has 1 fully saturated rings. The quantitative estimate of drug-likeness (QED) is 0.388. The van der Waals surface area contributed by atoms with Crippen LogP contribution in [0.4, 0.5) is 0 Å². The van der Waals surface area contributed by atoms with Crippen molar-refractivity contribution in [1.29, 1.82) is 0 Å². The minimum absolute atomic E-state index is 0.0333. The van der Waals surface area contributed by atoms with Crippen molar-refractivity contribution < 1.29 is 24.5 Å². The van der Waals surface area contributed by atoms with Gasteiger partial charge in [-0.2, -0.15) is 0 Å². The fourth-order valence-corrected chi connectivity index (χ4v) is 3.65. The van der Waals surface area contributed by atoms with Crippen molar-refractivity contribution >= 4 is 11.9 Å². The van der Waals surface area contributed by atoms with Gasteiger partial charge in [0.25, 0.3) is 0 Å². The molecule has 29 heavy (non-hydrogen) atoms. The number of unbranched alkanes of at least 4 members (excludes halogenated alkanes) is 3. The average Bonchev–Trinajstić information content (AvgIpc) is 3.03. The third-order valence-electron chi connectivity index (χ3n) is 5.12. The molecule has 1 amide bonds. The summed E-state index contributed by atoms with van der Waals surface area (Å²) in [5, 5.41) is 19.0. The Bertz CT molecular complexity index is 688. The minimum Gasteiger partial charge on any atom is -0.494 e. The van der Waals surface area contributed by atoms with Gasteiger partial charge < -0.3 is 19.8 Å². The summed E-state index contributed by atoms with van der Waals surface area (Å²) in [7, 11) is 0. The van der Waals surface area contributed by atoms with Crippen LogP contribution < -0.4 is 4.74 Å². The molecule has 2 N–H and O–H groups in total. The number of amides is 1. The van der Waals surface area contributed by atoms with E-state index in [1.54, 1.807) is 6.08 Å². The largest absolute Gasteiger partial charge is 0.494 e. The molecule has 2 atom stereocenters. The molecule has 1 aromatic carbocycles. The number of aliphatic hydroxyl groups is 1. The molecule has 1 aromatic rings. The molecule has 0 bridgehead atoms. The van der Waals surface area contributed by atoms with Crippen molar-refractivity contribution in [2.75, 3.05) is 13.2 Å². The van der Waals surface area contributed by atoms with Gasteiger partial charge in [0.1, 0.15) is 5.75 Å². The summed E-state index contributed by atoms with van der Waals surface area (Å²) < 4.78 is 5.50. The molecule has 0 unspecified atom stereocenters. The topological polar surface area (TPSA) is 87.1 Å². The third kappa shape index (κ3) is 8.28. The van der Waals surface area contributed by atoms with Crippen molar-refractivity contribution in [3.63, 3.8) is 0 Å². The molecule has 1 heterocycles. The van der Waals surface area contributed by atoms with E-state index in [1.807, 2.05) is 42.2 Å². The Hall–Kier alpha value is -2.34. The lowest BCUT2D eigenvalue weighted by molar-refractivity contribution is -0.137. The number of aliphatic hydroxyl groups excluding tert-OH is 1. The summed E-state index contributed by atoms with van der Waals surface area (Å²) in [5.41, 5.74) is 1.01. The lowest BCUT2D eigenvalue weighted by Gasteiger charge is -2.22. The smallest absolute Gasteiger partial charge is 0.303 e. The highest BCUT2D eigenvalue weighted by molar-refractivity contribution is 5.79. The van der Waals surface area contributed by atoms with Crippen LogP contribution in [0, 0.1) is 0 Å². The first-order chi connectivity index (χ1) is 14.0. The Morgan fingerprint density at radius 1 is 1.31 bits per heavy atom. The van der Waals surface area contributed by atoms with Crippen LogP contribution >= 0.6 is 0 Å². The van der Waals surface area contributed by atoms with Gasteiger partial charge in [-0.25, -0.2) is 0 Å². The predicted octanol–water partition coefficient (Wildman–Crippen LogP) is 3.57. The second kappa shape index (κ2) is 12.3. The normalized spacial score (nSPS) is 17.8. The van der Waals surface area contributed by atoms with Crippen molar-refractivity contribution in [2.45, 2.75) is 70.4 Å². The maximum atomic E-state index is 12.2. The molecular formula is C23H33NO5. The fourth-order valence-electron chi connectivity index (χ4n) is 3.65. The molecular weight excluding hydrogens is 370 g/mol. The number of benzene rings is 1. The Morgan fingerprint density at radius 2 is 2.10 bits per heavy atom. The molecule has 0 aromatic heterocycles. The van der Waals surface area contributed by atoms with E-state index < -0.39 is 12.1 Å². The first-order valence-electron chi connectivity index (χ1n) is 10.6. The van der Waals surface area contributed by atoms with Gasteiger partial charge in [0.05, 0.1) is 18.8 Å². The van der Waals surface area contributed by atoms with Crippen LogP contribution in [-0.2, 0) is 16.0 Å². The van der Waals surface area contributed by atoms with Crippen molar-refractivity contribution in [3.8, 4) is 5.75 Å². The molecule has 1 aliphatic rings. The number of likely N-dealkylation sites (tertiary alicyclic amines) is 1. The van der Waals surface area contributed by atoms with Crippen LogP contribution in [0.25, 0.3) is 0 Å². The highest BCUT2D eigenvalue weighted by atomic mass is 16.5. The van der Waals surface area contributed by atoms with Crippen LogP contribution in [-0.4, -0.2) is 52.3 Å². The van der Waals surface area contributed by atoms with E-state index in [-0.39, 0.29) is 18.4 Å². The summed E-state index contributed by atoms with van der Waals surface area (Å²) in [6.45, 7) is 3.24. The van der Waals surface area contributed by atoms with Gasteiger partial charge in [-0.3, -0.25) is 9.59 Å². The lowest BCUT2D eigenvalue weighted by Crippen LogP contribution is -2.32. The Kier molecular flexibility index (Phi) is 9.71. The zero-order valence-electron chi connectivity index (χ0n) is 17.3. The lowest BCUT2D eigenvalue weighted by atomic mass is 10.1. The summed E-state index contributed by atoms with van der Waals surface area (Å²) in [5.74, 6) is 0.203. The summed E-state index contributed by atoms with van der Waals surface area (Å²) in [6, 6.07) is 7.76. The molecule has 1 saturated heterocycles. The monoisotopic (exact) mass is 403 g/mol. The first kappa shape index (κ1) is 22.9. The average molecular weight is 404 g/mol. The summed E-state index contributed by atoms with van der Waals surface area (Å²) >= 11 is 0. The standard InChI is InChI=1S/C23H33NO5/c1-2-29-21-9-7-8-18(17-21)16-20(25)13-11-19-12-14-22(26)24(19)15-6-4-3-5-10-23(27)28/h7-9,11,13,17,19-20,25H,2-6,10,12,14-16H2,1H3,(H,27,28)/t19-,20+/m0/s1. The Labute approximate surface area is 173 Å². The van der Waals surface area contributed by atoms with Crippen molar-refractivity contribution in [1.82, 2.24) is 4.90 Å². The van der Waals surface area contributed by atoms with E-state index in [1.165, 1.54) is 0 Å². The molecule has 0 saturated carbocycles. The van der Waals surface area contributed by atoms with Gasteiger partial charge in [-0.15, -0.1) is 0 Å². The van der Waals surface area contributed by atoms with Crippen LogP contribution in [0.15, 0.2) is 36.4 Å². The zero-order valence-corrected chi connectivity index (χ0v) is 17.3. The van der Waals surface area contributed by atoms with Gasteiger partial charge in [0.15, 0.2) is 0 Å². The van der Waals surface area contributed by atoms with Crippen LogP contribution in [0.5, 0.6) is 5.75 Å². The number of hydrogen-bond acceptors (Lipinski definition) is 4. The molecule has 0 aliphatic carbocycles. The minimum atomic E-state index is -0.756. The zero-order chi connectivity index (χ0) is 21.1. The van der Waals surface area contributed by atoms with Crippen molar-refractivity contribution in [2.24, 2.45) is 0 Å². The summed E-state index contributed by atoms with van der Waals surface area (Å²) in [4.78, 5) is 24.6. The predicted molar refractivity (Wildman–Crippen MR) is 112 cm³/mol. The number of aliphatic carboxylic acids is 1. The highest BCUT2D eigenvalue weighted by Gasteiger charge is 2.28. The number of rotatable bonds is 13. The van der Waals surface area contributed by atoms with E-state index in [0.717, 1.165) is 37.0 Å². The van der Waals surface area contributed by atoms with E-state index in [9.17, 15) is 14.7 Å². The third-order valence-corrected chi connectivity index (χ3v) is 5.12. The van der Waals surface area contributed by atoms with Gasteiger partial charge in [0, 0.05) is 25.8 Å². The highest BCUT2D eigenvalue weighted by Crippen LogP contribution is 2.21. The molecule has 160 valence electrons. The molecule has 0 spiro atoms. The molecule has 1 aliphatic heterocycles. The van der Waals surface area contributed by atoms with Gasteiger partial charge in [-0.1, -0.05) is 37.1 Å². The van der Waals surface area contributed by atoms with E-state index >= 15 is 0 Å². The van der Waals surface area contributed by atoms with Gasteiger partial charge in [0.2, 0.25) is 5.91 Å². The van der Waals surface area contributed by atoms with Crippen LogP contribution in [0.2, 0.25) is 0 Å². The number of nitrogens with zero attached hydrogens (tertiary/aromatic N) is 1. The van der Waals surface area contributed by atoms with Crippen molar-refractivity contribution in [3.05, 3.63) is 42.0 Å². The number of hydrogen-bond donors (Lipinski definition) is 2. The number of ether oxygens (including phenoxy) is 1. The Balaban J connectivity index is 1.79. The maximum Gasteiger partial charge on any atom is 0.303 e. The number of carbonyl (C=O) groups excluding carboxylic acids is 1. The number of carboxylic acids is 1. The number of carbonyl (C=O) groups is 2. The molecule has 0 radical (unpaired) electrons. The second-order valence-electron chi connectivity index (χ2n) is 7.49. The molecule has 6 nitrogen and oxygen atoms in total. The molecule has 2 rings (SSSR count).